The maximum Gasteiger partial charge on any atom is 0.307 e. The normalized spacial score (nSPS) is 19.9. The molecule has 0 amide bonds. The van der Waals surface area contributed by atoms with E-state index < -0.39 is 11.9 Å². The lowest BCUT2D eigenvalue weighted by molar-refractivity contribution is -0.144. The lowest BCUT2D eigenvalue weighted by Gasteiger charge is -2.24. The molecule has 0 spiro atoms. The average Bonchev–Trinajstić information content (AvgIpc) is 3.28. The van der Waals surface area contributed by atoms with Crippen LogP contribution in [0.1, 0.15) is 49.2 Å². The van der Waals surface area contributed by atoms with Crippen molar-refractivity contribution in [3.63, 3.8) is 0 Å². The van der Waals surface area contributed by atoms with Gasteiger partial charge in [-0.3, -0.25) is 9.78 Å². The Balaban J connectivity index is 1.81. The van der Waals surface area contributed by atoms with E-state index in [1.165, 1.54) is 5.56 Å². The van der Waals surface area contributed by atoms with Crippen LogP contribution >= 0.6 is 0 Å². The SMILES string of the molecule is CC(C)C(C(=O)O)C(Cc1ccc(C2CCNC2)cn1)c1nn[nH]n1. The third kappa shape index (κ3) is 4.01. The smallest absolute Gasteiger partial charge is 0.307 e. The Morgan fingerprint density at radius 3 is 2.76 bits per heavy atom. The summed E-state index contributed by atoms with van der Waals surface area (Å²) in [4.78, 5) is 16.3. The first kappa shape index (κ1) is 17.5. The molecule has 0 radical (unpaired) electrons. The molecule has 2 aromatic heterocycles. The summed E-state index contributed by atoms with van der Waals surface area (Å²) in [6, 6.07) is 4.08. The number of aliphatic carboxylic acids is 1. The molecule has 25 heavy (non-hydrogen) atoms. The van der Waals surface area contributed by atoms with Crippen LogP contribution in [0, 0.1) is 11.8 Å². The third-order valence-electron chi connectivity index (χ3n) is 4.94. The molecule has 1 fully saturated rings. The van der Waals surface area contributed by atoms with Gasteiger partial charge in [-0.1, -0.05) is 25.1 Å². The number of carboxylic acids is 1. The molecule has 1 aliphatic rings. The standard InChI is InChI=1S/C17H24N6O2/c1-10(2)15(17(24)25)14(16-20-22-23-21-16)7-13-4-3-11(9-19-13)12-5-6-18-8-12/h3-4,9-10,12,14-15,18H,5-8H2,1-2H3,(H,24,25)(H,20,21,22,23). The highest BCUT2D eigenvalue weighted by atomic mass is 16.4. The van der Waals surface area contributed by atoms with Gasteiger partial charge in [0.1, 0.15) is 0 Å². The first-order chi connectivity index (χ1) is 12.1. The zero-order chi connectivity index (χ0) is 17.8. The zero-order valence-electron chi connectivity index (χ0n) is 14.5. The molecule has 8 heteroatoms. The van der Waals surface area contributed by atoms with E-state index in [1.54, 1.807) is 0 Å². The lowest BCUT2D eigenvalue weighted by Crippen LogP contribution is -2.29. The van der Waals surface area contributed by atoms with Gasteiger partial charge in [0, 0.05) is 30.8 Å². The van der Waals surface area contributed by atoms with E-state index in [-0.39, 0.29) is 11.8 Å². The van der Waals surface area contributed by atoms with Crippen LogP contribution in [0.15, 0.2) is 18.3 Å². The molecule has 0 aromatic carbocycles. The third-order valence-corrected chi connectivity index (χ3v) is 4.94. The molecule has 3 heterocycles. The molecular formula is C17H24N6O2. The Morgan fingerprint density at radius 1 is 1.40 bits per heavy atom. The summed E-state index contributed by atoms with van der Waals surface area (Å²) >= 11 is 0. The number of aromatic amines is 1. The van der Waals surface area contributed by atoms with E-state index in [2.05, 4.69) is 37.0 Å². The molecule has 2 aromatic rings. The van der Waals surface area contributed by atoms with Gasteiger partial charge >= 0.3 is 5.97 Å². The number of hydrogen-bond acceptors (Lipinski definition) is 6. The molecular weight excluding hydrogens is 320 g/mol. The monoisotopic (exact) mass is 344 g/mol. The van der Waals surface area contributed by atoms with Crippen LogP contribution in [-0.2, 0) is 11.2 Å². The van der Waals surface area contributed by atoms with Crippen molar-refractivity contribution in [1.82, 2.24) is 30.9 Å². The summed E-state index contributed by atoms with van der Waals surface area (Å²) in [5, 5.41) is 27.1. The Hall–Kier alpha value is -2.35. The van der Waals surface area contributed by atoms with Gasteiger partial charge in [0.15, 0.2) is 5.82 Å². The molecule has 1 saturated heterocycles. The highest BCUT2D eigenvalue weighted by Gasteiger charge is 2.35. The molecule has 1 aliphatic heterocycles. The van der Waals surface area contributed by atoms with Crippen LogP contribution in [0.2, 0.25) is 0 Å². The van der Waals surface area contributed by atoms with Gasteiger partial charge < -0.3 is 10.4 Å². The largest absolute Gasteiger partial charge is 0.481 e. The van der Waals surface area contributed by atoms with Crippen molar-refractivity contribution in [2.24, 2.45) is 11.8 Å². The van der Waals surface area contributed by atoms with Gasteiger partial charge in [0.25, 0.3) is 0 Å². The van der Waals surface area contributed by atoms with Crippen molar-refractivity contribution in [2.75, 3.05) is 13.1 Å². The number of rotatable bonds is 7. The number of carbonyl (C=O) groups is 1. The van der Waals surface area contributed by atoms with E-state index in [9.17, 15) is 9.90 Å². The summed E-state index contributed by atoms with van der Waals surface area (Å²) in [7, 11) is 0. The predicted molar refractivity (Wildman–Crippen MR) is 91.1 cm³/mol. The number of pyridine rings is 1. The first-order valence-corrected chi connectivity index (χ1v) is 8.68. The highest BCUT2D eigenvalue weighted by molar-refractivity contribution is 5.71. The predicted octanol–water partition coefficient (Wildman–Crippen LogP) is 1.35. The van der Waals surface area contributed by atoms with E-state index in [4.69, 9.17) is 0 Å². The fourth-order valence-electron chi connectivity index (χ4n) is 3.59. The molecule has 3 unspecified atom stereocenters. The maximum atomic E-state index is 11.8. The molecule has 8 nitrogen and oxygen atoms in total. The second-order valence-electron chi connectivity index (χ2n) is 6.96. The van der Waals surface area contributed by atoms with Crippen molar-refractivity contribution in [3.8, 4) is 0 Å². The van der Waals surface area contributed by atoms with Gasteiger partial charge in [-0.15, -0.1) is 10.2 Å². The van der Waals surface area contributed by atoms with Crippen LogP contribution in [0.3, 0.4) is 0 Å². The number of nitrogens with zero attached hydrogens (tertiary/aromatic N) is 4. The molecule has 0 bridgehead atoms. The van der Waals surface area contributed by atoms with Crippen LogP contribution in [0.4, 0.5) is 0 Å². The van der Waals surface area contributed by atoms with Crippen LogP contribution in [0.5, 0.6) is 0 Å². The number of aromatic nitrogens is 5. The van der Waals surface area contributed by atoms with E-state index in [0.29, 0.717) is 18.2 Å². The van der Waals surface area contributed by atoms with E-state index >= 15 is 0 Å². The Labute approximate surface area is 146 Å². The summed E-state index contributed by atoms with van der Waals surface area (Å²) in [6.07, 6.45) is 3.50. The topological polar surface area (TPSA) is 117 Å². The van der Waals surface area contributed by atoms with Crippen molar-refractivity contribution in [3.05, 3.63) is 35.4 Å². The number of carboxylic acid groups (broad SMARTS) is 1. The maximum absolute atomic E-state index is 11.8. The summed E-state index contributed by atoms with van der Waals surface area (Å²) in [5.74, 6) is -0.937. The fraction of sp³-hybridized carbons (Fsp3) is 0.588. The molecule has 3 rings (SSSR count). The Bertz CT molecular complexity index is 680. The van der Waals surface area contributed by atoms with Crippen LogP contribution in [0.25, 0.3) is 0 Å². The fourth-order valence-corrected chi connectivity index (χ4v) is 3.59. The van der Waals surface area contributed by atoms with Crippen LogP contribution in [-0.4, -0.2) is 49.8 Å². The van der Waals surface area contributed by atoms with Gasteiger partial charge in [0.05, 0.1) is 5.92 Å². The number of hydrogen-bond donors (Lipinski definition) is 3. The quantitative estimate of drug-likeness (QED) is 0.694. The second kappa shape index (κ2) is 7.69. The van der Waals surface area contributed by atoms with Crippen molar-refractivity contribution < 1.29 is 9.90 Å². The summed E-state index contributed by atoms with van der Waals surface area (Å²) in [6.45, 7) is 5.83. The number of H-pyrrole nitrogens is 1. The van der Waals surface area contributed by atoms with Crippen molar-refractivity contribution >= 4 is 5.97 Å². The molecule has 134 valence electrons. The second-order valence-corrected chi connectivity index (χ2v) is 6.96. The molecule has 0 saturated carbocycles. The van der Waals surface area contributed by atoms with Gasteiger partial charge in [-0.2, -0.15) is 5.21 Å². The van der Waals surface area contributed by atoms with Gasteiger partial charge in [-0.25, -0.2) is 0 Å². The van der Waals surface area contributed by atoms with Crippen molar-refractivity contribution in [1.29, 1.82) is 0 Å². The van der Waals surface area contributed by atoms with Gasteiger partial charge in [0.2, 0.25) is 0 Å². The van der Waals surface area contributed by atoms with Gasteiger partial charge in [-0.05, 0) is 36.4 Å². The van der Waals surface area contributed by atoms with Crippen molar-refractivity contribution in [2.45, 2.75) is 38.5 Å². The molecule has 0 aliphatic carbocycles. The minimum absolute atomic E-state index is 0.0511. The zero-order valence-corrected chi connectivity index (χ0v) is 14.5. The minimum atomic E-state index is -0.849. The summed E-state index contributed by atoms with van der Waals surface area (Å²) in [5.41, 5.74) is 2.07. The Morgan fingerprint density at radius 2 is 2.24 bits per heavy atom. The lowest BCUT2D eigenvalue weighted by atomic mass is 9.80. The molecule has 3 atom stereocenters. The molecule has 3 N–H and O–H groups in total. The van der Waals surface area contributed by atoms with E-state index in [1.807, 2.05) is 26.1 Å². The Kier molecular flexibility index (Phi) is 5.37. The first-order valence-electron chi connectivity index (χ1n) is 8.68. The summed E-state index contributed by atoms with van der Waals surface area (Å²) < 4.78 is 0. The number of tetrazole rings is 1. The average molecular weight is 344 g/mol. The highest BCUT2D eigenvalue weighted by Crippen LogP contribution is 2.31. The number of nitrogens with one attached hydrogen (secondary N) is 2. The van der Waals surface area contributed by atoms with E-state index in [0.717, 1.165) is 25.2 Å². The van der Waals surface area contributed by atoms with Crippen LogP contribution < -0.4 is 5.32 Å². The minimum Gasteiger partial charge on any atom is -0.481 e.